The number of benzene rings is 2. The van der Waals surface area contributed by atoms with Gasteiger partial charge in [0, 0.05) is 30.4 Å². The predicted molar refractivity (Wildman–Crippen MR) is 123 cm³/mol. The highest BCUT2D eigenvalue weighted by Crippen LogP contribution is 2.35. The molecule has 2 amide bonds. The Morgan fingerprint density at radius 1 is 1.03 bits per heavy atom. The molecule has 2 aromatic carbocycles. The van der Waals surface area contributed by atoms with Crippen molar-refractivity contribution in [2.75, 3.05) is 18.4 Å². The zero-order valence-corrected chi connectivity index (χ0v) is 18.7. The van der Waals surface area contributed by atoms with Gasteiger partial charge in [0.15, 0.2) is 11.2 Å². The number of nitrogens with zero attached hydrogens (tertiary/aromatic N) is 2. The first kappa shape index (κ1) is 21.1. The molecule has 8 heteroatoms. The quantitative estimate of drug-likeness (QED) is 0.570. The van der Waals surface area contributed by atoms with Gasteiger partial charge in [-0.2, -0.15) is 4.99 Å². The molecule has 1 unspecified atom stereocenters. The molecule has 0 aliphatic carbocycles. The first-order valence-corrected chi connectivity index (χ1v) is 10.1. The lowest BCUT2D eigenvalue weighted by Crippen LogP contribution is -2.48. The molecule has 31 heavy (non-hydrogen) atoms. The maximum atomic E-state index is 12.4. The summed E-state index contributed by atoms with van der Waals surface area (Å²) < 4.78 is 11.9. The summed E-state index contributed by atoms with van der Waals surface area (Å²) in [5.74, 6) is 0.209. The van der Waals surface area contributed by atoms with Gasteiger partial charge < -0.3 is 19.5 Å². The minimum atomic E-state index is -0.0834. The maximum Gasteiger partial charge on any atom is 0.400 e. The second-order valence-electron chi connectivity index (χ2n) is 8.05. The fraction of sp³-hybridized carbons (Fsp3) is 0.304. The number of aryl methyl sites for hydroxylation is 3. The van der Waals surface area contributed by atoms with Crippen molar-refractivity contribution >= 4 is 46.7 Å². The van der Waals surface area contributed by atoms with E-state index in [0.717, 1.165) is 33.8 Å². The molecular formula is C23H25ClN4O3. The smallest absolute Gasteiger partial charge is 0.400 e. The number of fused-ring (bicyclic) bond motifs is 4. The van der Waals surface area contributed by atoms with Gasteiger partial charge in [-0.25, -0.2) is 4.79 Å². The van der Waals surface area contributed by atoms with Crippen molar-refractivity contribution in [3.63, 3.8) is 0 Å². The summed E-state index contributed by atoms with van der Waals surface area (Å²) in [6.45, 7) is 9.30. The number of anilines is 1. The summed E-state index contributed by atoms with van der Waals surface area (Å²) in [5.41, 5.74) is 8.12. The van der Waals surface area contributed by atoms with Crippen LogP contribution in [0, 0.1) is 20.8 Å². The van der Waals surface area contributed by atoms with E-state index in [-0.39, 0.29) is 30.2 Å². The van der Waals surface area contributed by atoms with Crippen LogP contribution in [0.2, 0.25) is 0 Å². The number of urea groups is 1. The number of amides is 2. The van der Waals surface area contributed by atoms with Crippen LogP contribution in [0.25, 0.3) is 16.9 Å². The van der Waals surface area contributed by atoms with Crippen LogP contribution in [0.5, 0.6) is 0 Å². The van der Waals surface area contributed by atoms with E-state index in [2.05, 4.69) is 34.7 Å². The second kappa shape index (κ2) is 7.81. The molecule has 0 fully saturated rings. The normalized spacial score (nSPS) is 18.4. The summed E-state index contributed by atoms with van der Waals surface area (Å²) in [5, 5.41) is 6.31. The average Bonchev–Trinajstić information content (AvgIpc) is 3.03. The fourth-order valence-corrected chi connectivity index (χ4v) is 4.33. The SMILES string of the molecule is Cc1cc(C)c(N=c2oc3cc4c(cc3o2)C2=CCNC(=O)N2C(C)CN4)c(C)c1.Cl. The molecule has 162 valence electrons. The van der Waals surface area contributed by atoms with Gasteiger partial charge in [0.05, 0.1) is 17.4 Å². The van der Waals surface area contributed by atoms with Crippen molar-refractivity contribution < 1.29 is 13.6 Å². The van der Waals surface area contributed by atoms with Crippen LogP contribution in [-0.4, -0.2) is 30.1 Å². The molecule has 3 aromatic rings. The van der Waals surface area contributed by atoms with E-state index in [1.54, 1.807) is 4.90 Å². The van der Waals surface area contributed by atoms with Crippen molar-refractivity contribution in [1.82, 2.24) is 10.2 Å². The standard InChI is InChI=1S/C23H24N4O3.ClH/c1-12-7-13(2)21(14(3)8-12)26-23-29-19-9-16-17(10-20(19)30-23)25-11-15(4)27-18(16)5-6-24-22(27)28;/h5,7-10,15,25H,6,11H2,1-4H3,(H,24,28);1H. The third-order valence-corrected chi connectivity index (χ3v) is 5.65. The Bertz CT molecular complexity index is 1260. The zero-order chi connectivity index (χ0) is 21.0. The Kier molecular flexibility index (Phi) is 5.31. The zero-order valence-electron chi connectivity index (χ0n) is 17.9. The van der Waals surface area contributed by atoms with Crippen LogP contribution >= 0.6 is 12.4 Å². The van der Waals surface area contributed by atoms with Gasteiger partial charge in [-0.15, -0.1) is 12.4 Å². The summed E-state index contributed by atoms with van der Waals surface area (Å²) >= 11 is 0. The van der Waals surface area contributed by atoms with E-state index in [9.17, 15) is 4.79 Å². The van der Waals surface area contributed by atoms with Crippen molar-refractivity contribution in [2.45, 2.75) is 33.7 Å². The molecule has 2 aliphatic rings. The Morgan fingerprint density at radius 3 is 2.42 bits per heavy atom. The Morgan fingerprint density at radius 2 is 1.71 bits per heavy atom. The summed E-state index contributed by atoms with van der Waals surface area (Å²) in [7, 11) is 0. The van der Waals surface area contributed by atoms with Crippen LogP contribution in [0.1, 0.15) is 29.2 Å². The van der Waals surface area contributed by atoms with Gasteiger partial charge in [-0.05, 0) is 51.0 Å². The van der Waals surface area contributed by atoms with Crippen molar-refractivity contribution in [3.8, 4) is 0 Å². The van der Waals surface area contributed by atoms with Gasteiger partial charge >= 0.3 is 11.8 Å². The maximum absolute atomic E-state index is 12.4. The number of nitrogens with one attached hydrogen (secondary N) is 2. The highest BCUT2D eigenvalue weighted by Gasteiger charge is 2.31. The molecule has 7 nitrogen and oxygen atoms in total. The van der Waals surface area contributed by atoms with Gasteiger partial charge in [-0.1, -0.05) is 17.7 Å². The summed E-state index contributed by atoms with van der Waals surface area (Å²) in [4.78, 5) is 18.9. The molecule has 5 rings (SSSR count). The van der Waals surface area contributed by atoms with Crippen LogP contribution < -0.4 is 16.4 Å². The number of hydrogen-bond donors (Lipinski definition) is 2. The van der Waals surface area contributed by atoms with Crippen molar-refractivity contribution in [2.24, 2.45) is 4.99 Å². The molecule has 0 radical (unpaired) electrons. The van der Waals surface area contributed by atoms with Crippen LogP contribution in [0.4, 0.5) is 16.2 Å². The van der Waals surface area contributed by atoms with Gasteiger partial charge in [0.25, 0.3) is 0 Å². The Balaban J connectivity index is 0.00000231. The fourth-order valence-electron chi connectivity index (χ4n) is 4.33. The van der Waals surface area contributed by atoms with E-state index < -0.39 is 0 Å². The third kappa shape index (κ3) is 3.59. The third-order valence-electron chi connectivity index (χ3n) is 5.65. The predicted octanol–water partition coefficient (Wildman–Crippen LogP) is 4.79. The first-order valence-electron chi connectivity index (χ1n) is 10.1. The van der Waals surface area contributed by atoms with Gasteiger partial charge in [0.2, 0.25) is 0 Å². The lowest BCUT2D eigenvalue weighted by molar-refractivity contribution is 0.208. The molecule has 0 spiro atoms. The lowest BCUT2D eigenvalue weighted by Gasteiger charge is -2.32. The molecule has 3 heterocycles. The molecule has 0 saturated heterocycles. The molecule has 2 N–H and O–H groups in total. The van der Waals surface area contributed by atoms with E-state index >= 15 is 0 Å². The number of rotatable bonds is 1. The minimum absolute atomic E-state index is 0. The minimum Gasteiger partial charge on any atom is -0.407 e. The molecular weight excluding hydrogens is 416 g/mol. The summed E-state index contributed by atoms with van der Waals surface area (Å²) in [6.07, 6.45) is 2.03. The molecule has 1 atom stereocenters. The van der Waals surface area contributed by atoms with Gasteiger partial charge in [-0.3, -0.25) is 4.90 Å². The van der Waals surface area contributed by atoms with E-state index in [1.165, 1.54) is 5.56 Å². The van der Waals surface area contributed by atoms with Crippen LogP contribution in [0.15, 0.2) is 44.2 Å². The summed E-state index contributed by atoms with van der Waals surface area (Å²) in [6, 6.07) is 7.97. The molecule has 0 bridgehead atoms. The Labute approximate surface area is 186 Å². The van der Waals surface area contributed by atoms with Gasteiger partial charge in [0.1, 0.15) is 0 Å². The second-order valence-corrected chi connectivity index (χ2v) is 8.05. The number of carbonyl (C=O) groups excluding carboxylic acids is 1. The van der Waals surface area contributed by atoms with Crippen LogP contribution in [-0.2, 0) is 0 Å². The topological polar surface area (TPSA) is 83.0 Å². The first-order chi connectivity index (χ1) is 14.4. The number of carbonyl (C=O) groups is 1. The van der Waals surface area contributed by atoms with Crippen molar-refractivity contribution in [3.05, 3.63) is 58.3 Å². The largest absolute Gasteiger partial charge is 0.407 e. The molecule has 2 aliphatic heterocycles. The van der Waals surface area contributed by atoms with Crippen LogP contribution in [0.3, 0.4) is 0 Å². The molecule has 0 saturated carbocycles. The monoisotopic (exact) mass is 440 g/mol. The number of halogens is 1. The van der Waals surface area contributed by atoms with Crippen molar-refractivity contribution in [1.29, 1.82) is 0 Å². The average molecular weight is 441 g/mol. The highest BCUT2D eigenvalue weighted by molar-refractivity contribution is 5.94. The van der Waals surface area contributed by atoms with E-state index in [0.29, 0.717) is 24.3 Å². The van der Waals surface area contributed by atoms with E-state index in [1.807, 2.05) is 39.0 Å². The van der Waals surface area contributed by atoms with E-state index in [4.69, 9.17) is 8.83 Å². The number of hydrogen-bond acceptors (Lipinski definition) is 5. The Hall–Kier alpha value is -3.19. The lowest BCUT2D eigenvalue weighted by atomic mass is 10.1. The molecule has 1 aromatic heterocycles. The highest BCUT2D eigenvalue weighted by atomic mass is 35.5.